The number of aromatic hydroxyl groups is 2. The molecule has 2 aromatic carbocycles. The molecule has 0 bridgehead atoms. The second-order valence-electron chi connectivity index (χ2n) is 5.86. The number of phenolic OH excluding ortho intramolecular Hbond substituents is 2. The summed E-state index contributed by atoms with van der Waals surface area (Å²) in [6.07, 6.45) is 0. The Labute approximate surface area is 153 Å². The monoisotopic (exact) mass is 359 g/mol. The molecule has 2 rings (SSSR count). The first-order valence-electron chi connectivity index (χ1n) is 8.34. The van der Waals surface area contributed by atoms with E-state index in [0.29, 0.717) is 12.1 Å². The number of nitrogens with one attached hydrogen (secondary N) is 1. The van der Waals surface area contributed by atoms with Crippen molar-refractivity contribution in [3.05, 3.63) is 59.7 Å². The molecular weight excluding hydrogens is 334 g/mol. The first-order valence-corrected chi connectivity index (χ1v) is 8.34. The molecule has 0 aliphatic heterocycles. The molecule has 4 N–H and O–H groups in total. The zero-order valence-corrected chi connectivity index (χ0v) is 15.1. The minimum atomic E-state index is -0.860. The number of carbonyl (C=O) groups excluding carboxylic acids is 1. The first kappa shape index (κ1) is 21.0. The van der Waals surface area contributed by atoms with E-state index in [2.05, 4.69) is 5.32 Å². The Balaban J connectivity index is 0.000000263. The molecule has 2 atom stereocenters. The van der Waals surface area contributed by atoms with Gasteiger partial charge in [-0.2, -0.15) is 0 Å². The standard InChI is InChI=1S/C11H15NO2.C9H10O3/c1-3-12-11(14)8(2)9-4-6-10(13)7-5-9;1-6(9(11)12)7-2-4-8(10)5-3-7/h4-8,13H,3H2,1-2H3,(H,12,14);2-6,10H,1H3,(H,11,12). The highest BCUT2D eigenvalue weighted by atomic mass is 16.4. The Morgan fingerprint density at radius 3 is 1.58 bits per heavy atom. The number of hydrogen-bond donors (Lipinski definition) is 4. The van der Waals surface area contributed by atoms with Gasteiger partial charge in [-0.3, -0.25) is 9.59 Å². The molecule has 0 aliphatic carbocycles. The number of aliphatic carboxylic acids is 1. The molecule has 140 valence electrons. The lowest BCUT2D eigenvalue weighted by atomic mass is 10.0. The van der Waals surface area contributed by atoms with Crippen molar-refractivity contribution in [2.75, 3.05) is 6.54 Å². The Hall–Kier alpha value is -3.02. The predicted octanol–water partition coefficient (Wildman–Crippen LogP) is 3.21. The smallest absolute Gasteiger partial charge is 0.310 e. The van der Waals surface area contributed by atoms with Gasteiger partial charge in [0.2, 0.25) is 5.91 Å². The number of phenols is 2. The SMILES string of the molecule is CC(C(=O)O)c1ccc(O)cc1.CCNC(=O)C(C)c1ccc(O)cc1. The summed E-state index contributed by atoms with van der Waals surface area (Å²) in [7, 11) is 0. The molecule has 1 amide bonds. The minimum absolute atomic E-state index is 0.0122. The highest BCUT2D eigenvalue weighted by molar-refractivity contribution is 5.83. The number of carboxylic acids is 1. The van der Waals surface area contributed by atoms with Crippen molar-refractivity contribution < 1.29 is 24.9 Å². The van der Waals surface area contributed by atoms with Crippen LogP contribution in [-0.2, 0) is 9.59 Å². The Morgan fingerprint density at radius 1 is 0.846 bits per heavy atom. The van der Waals surface area contributed by atoms with Crippen LogP contribution in [0.2, 0.25) is 0 Å². The summed E-state index contributed by atoms with van der Waals surface area (Å²) >= 11 is 0. The van der Waals surface area contributed by atoms with Crippen molar-refractivity contribution in [2.45, 2.75) is 32.6 Å². The van der Waals surface area contributed by atoms with Crippen LogP contribution in [0.5, 0.6) is 11.5 Å². The molecule has 0 spiro atoms. The average molecular weight is 359 g/mol. The van der Waals surface area contributed by atoms with E-state index < -0.39 is 11.9 Å². The quantitative estimate of drug-likeness (QED) is 0.656. The molecular formula is C20H25NO5. The number of likely N-dealkylation sites (N-methyl/N-ethyl adjacent to an activating group) is 1. The van der Waals surface area contributed by atoms with Crippen molar-refractivity contribution >= 4 is 11.9 Å². The van der Waals surface area contributed by atoms with E-state index in [1.807, 2.05) is 13.8 Å². The lowest BCUT2D eigenvalue weighted by Gasteiger charge is -2.11. The maximum atomic E-state index is 11.5. The van der Waals surface area contributed by atoms with Crippen molar-refractivity contribution in [1.82, 2.24) is 5.32 Å². The van der Waals surface area contributed by atoms with Crippen molar-refractivity contribution in [2.24, 2.45) is 0 Å². The van der Waals surface area contributed by atoms with Gasteiger partial charge in [-0.1, -0.05) is 24.3 Å². The minimum Gasteiger partial charge on any atom is -0.508 e. The molecule has 0 saturated heterocycles. The van der Waals surface area contributed by atoms with Crippen LogP contribution in [0.3, 0.4) is 0 Å². The molecule has 2 aromatic rings. The van der Waals surface area contributed by atoms with E-state index in [9.17, 15) is 9.59 Å². The van der Waals surface area contributed by atoms with E-state index in [4.69, 9.17) is 15.3 Å². The molecule has 0 saturated carbocycles. The molecule has 0 aliphatic rings. The summed E-state index contributed by atoms with van der Waals surface area (Å²) in [5.41, 5.74) is 1.61. The molecule has 0 heterocycles. The summed E-state index contributed by atoms with van der Waals surface area (Å²) in [4.78, 5) is 22.0. The second kappa shape index (κ2) is 10.1. The zero-order chi connectivity index (χ0) is 19.7. The van der Waals surface area contributed by atoms with E-state index in [0.717, 1.165) is 5.56 Å². The lowest BCUT2D eigenvalue weighted by molar-refractivity contribution is -0.138. The highest BCUT2D eigenvalue weighted by Crippen LogP contribution is 2.19. The molecule has 0 aromatic heterocycles. The van der Waals surface area contributed by atoms with Gasteiger partial charge in [0.15, 0.2) is 0 Å². The second-order valence-corrected chi connectivity index (χ2v) is 5.86. The van der Waals surface area contributed by atoms with Crippen LogP contribution in [0.15, 0.2) is 48.5 Å². The number of carboxylic acid groups (broad SMARTS) is 1. The third-order valence-corrected chi connectivity index (χ3v) is 3.90. The number of carbonyl (C=O) groups is 2. The first-order chi connectivity index (χ1) is 12.3. The lowest BCUT2D eigenvalue weighted by Crippen LogP contribution is -2.27. The Morgan fingerprint density at radius 2 is 1.23 bits per heavy atom. The van der Waals surface area contributed by atoms with Gasteiger partial charge in [0.05, 0.1) is 11.8 Å². The van der Waals surface area contributed by atoms with Crippen molar-refractivity contribution in [3.63, 3.8) is 0 Å². The van der Waals surface area contributed by atoms with Crippen LogP contribution in [0.25, 0.3) is 0 Å². The third kappa shape index (κ3) is 6.47. The Bertz CT molecular complexity index is 710. The molecule has 0 fully saturated rings. The zero-order valence-electron chi connectivity index (χ0n) is 15.1. The van der Waals surface area contributed by atoms with Gasteiger partial charge in [0.1, 0.15) is 11.5 Å². The molecule has 6 heteroatoms. The summed E-state index contributed by atoms with van der Waals surface area (Å²) in [6.45, 7) is 5.98. The van der Waals surface area contributed by atoms with E-state index in [-0.39, 0.29) is 23.3 Å². The van der Waals surface area contributed by atoms with Crippen LogP contribution in [0.1, 0.15) is 43.7 Å². The van der Waals surface area contributed by atoms with Gasteiger partial charge in [-0.05, 0) is 56.2 Å². The average Bonchev–Trinajstić information content (AvgIpc) is 2.62. The summed E-state index contributed by atoms with van der Waals surface area (Å²) in [5.74, 6) is -1.17. The summed E-state index contributed by atoms with van der Waals surface area (Å²) in [5, 5.41) is 29.4. The van der Waals surface area contributed by atoms with Gasteiger partial charge in [0, 0.05) is 6.54 Å². The van der Waals surface area contributed by atoms with Gasteiger partial charge < -0.3 is 20.6 Å². The molecule has 26 heavy (non-hydrogen) atoms. The molecule has 6 nitrogen and oxygen atoms in total. The van der Waals surface area contributed by atoms with Crippen LogP contribution in [0, 0.1) is 0 Å². The van der Waals surface area contributed by atoms with Crippen LogP contribution >= 0.6 is 0 Å². The van der Waals surface area contributed by atoms with E-state index in [1.54, 1.807) is 43.3 Å². The fourth-order valence-corrected chi connectivity index (χ4v) is 2.15. The van der Waals surface area contributed by atoms with Crippen molar-refractivity contribution in [3.8, 4) is 11.5 Å². The molecule has 2 unspecified atom stereocenters. The van der Waals surface area contributed by atoms with Gasteiger partial charge in [-0.15, -0.1) is 0 Å². The maximum absolute atomic E-state index is 11.5. The van der Waals surface area contributed by atoms with Gasteiger partial charge >= 0.3 is 5.97 Å². The highest BCUT2D eigenvalue weighted by Gasteiger charge is 2.13. The maximum Gasteiger partial charge on any atom is 0.310 e. The van der Waals surface area contributed by atoms with Crippen molar-refractivity contribution in [1.29, 1.82) is 0 Å². The van der Waals surface area contributed by atoms with Crippen LogP contribution in [0.4, 0.5) is 0 Å². The Kier molecular flexibility index (Phi) is 8.15. The largest absolute Gasteiger partial charge is 0.508 e. The predicted molar refractivity (Wildman–Crippen MR) is 99.4 cm³/mol. The van der Waals surface area contributed by atoms with E-state index in [1.165, 1.54) is 12.1 Å². The van der Waals surface area contributed by atoms with Crippen LogP contribution in [-0.4, -0.2) is 33.7 Å². The molecule has 0 radical (unpaired) electrons. The fourth-order valence-electron chi connectivity index (χ4n) is 2.15. The number of hydrogen-bond acceptors (Lipinski definition) is 4. The number of benzene rings is 2. The summed E-state index contributed by atoms with van der Waals surface area (Å²) in [6, 6.07) is 12.9. The third-order valence-electron chi connectivity index (χ3n) is 3.90. The van der Waals surface area contributed by atoms with E-state index >= 15 is 0 Å². The topological polar surface area (TPSA) is 107 Å². The number of rotatable bonds is 5. The normalized spacial score (nSPS) is 12.3. The van der Waals surface area contributed by atoms with Gasteiger partial charge in [0.25, 0.3) is 0 Å². The number of amides is 1. The van der Waals surface area contributed by atoms with Crippen LogP contribution < -0.4 is 5.32 Å². The van der Waals surface area contributed by atoms with Gasteiger partial charge in [-0.25, -0.2) is 0 Å². The summed E-state index contributed by atoms with van der Waals surface area (Å²) < 4.78 is 0. The fraction of sp³-hybridized carbons (Fsp3) is 0.300.